The summed E-state index contributed by atoms with van der Waals surface area (Å²) in [7, 11) is 0. The van der Waals surface area contributed by atoms with Crippen LogP contribution in [-0.4, -0.2) is 61.3 Å². The molecule has 0 bridgehead atoms. The van der Waals surface area contributed by atoms with E-state index in [0.717, 1.165) is 53.9 Å². The minimum atomic E-state index is -0.0391. The molecule has 1 amide bonds. The van der Waals surface area contributed by atoms with Gasteiger partial charge in [0.1, 0.15) is 5.75 Å². The number of fused-ring (bicyclic) bond motifs is 1. The van der Waals surface area contributed by atoms with Gasteiger partial charge in [0, 0.05) is 31.7 Å². The minimum absolute atomic E-state index is 0.0391. The Morgan fingerprint density at radius 1 is 1.16 bits per heavy atom. The summed E-state index contributed by atoms with van der Waals surface area (Å²) in [5, 5.41) is 0.745. The van der Waals surface area contributed by atoms with E-state index in [9.17, 15) is 4.79 Å². The molecule has 6 nitrogen and oxygen atoms in total. The van der Waals surface area contributed by atoms with Gasteiger partial charge in [-0.2, -0.15) is 0 Å². The topological polar surface area (TPSA) is 54.9 Å². The number of hydrogen-bond acceptors (Lipinski definition) is 6. The Balaban J connectivity index is 1.62. The first-order chi connectivity index (χ1) is 15.4. The van der Waals surface area contributed by atoms with Crippen LogP contribution in [0.25, 0.3) is 10.2 Å². The molecule has 1 fully saturated rings. The van der Waals surface area contributed by atoms with Crippen molar-refractivity contribution in [3.8, 4) is 5.75 Å². The predicted octanol–water partition coefficient (Wildman–Crippen LogP) is 4.68. The van der Waals surface area contributed by atoms with Crippen LogP contribution in [0.4, 0.5) is 5.13 Å². The molecule has 1 aromatic heterocycles. The van der Waals surface area contributed by atoms with E-state index in [1.165, 1.54) is 11.1 Å². The number of amides is 1. The number of morpholine rings is 1. The van der Waals surface area contributed by atoms with Crippen molar-refractivity contribution in [2.24, 2.45) is 0 Å². The summed E-state index contributed by atoms with van der Waals surface area (Å²) < 4.78 is 12.3. The number of ether oxygens (including phenoxy) is 2. The molecule has 3 aromatic rings. The molecule has 170 valence electrons. The fourth-order valence-corrected chi connectivity index (χ4v) is 4.83. The van der Waals surface area contributed by atoms with Gasteiger partial charge in [-0.3, -0.25) is 14.6 Å². The summed E-state index contributed by atoms with van der Waals surface area (Å²) in [5.74, 6) is 0.727. The Morgan fingerprint density at radius 2 is 1.88 bits per heavy atom. The molecular weight excluding hydrogens is 422 g/mol. The van der Waals surface area contributed by atoms with Gasteiger partial charge in [0.05, 0.1) is 29.5 Å². The van der Waals surface area contributed by atoms with E-state index < -0.39 is 0 Å². The lowest BCUT2D eigenvalue weighted by Crippen LogP contribution is -2.43. The zero-order valence-corrected chi connectivity index (χ0v) is 20.1. The van der Waals surface area contributed by atoms with Crippen LogP contribution in [0, 0.1) is 13.8 Å². The molecule has 0 spiro atoms. The lowest BCUT2D eigenvalue weighted by atomic mass is 10.1. The third kappa shape index (κ3) is 5.11. The number of hydrogen-bond donors (Lipinski definition) is 0. The molecule has 2 heterocycles. The number of benzene rings is 2. The highest BCUT2D eigenvalue weighted by molar-refractivity contribution is 7.22. The second-order valence-corrected chi connectivity index (χ2v) is 9.46. The van der Waals surface area contributed by atoms with Crippen molar-refractivity contribution < 1.29 is 14.3 Å². The Morgan fingerprint density at radius 3 is 2.56 bits per heavy atom. The predicted molar refractivity (Wildman–Crippen MR) is 130 cm³/mol. The van der Waals surface area contributed by atoms with Crippen molar-refractivity contribution >= 4 is 32.6 Å². The zero-order chi connectivity index (χ0) is 22.7. The quantitative estimate of drug-likeness (QED) is 0.520. The monoisotopic (exact) mass is 453 g/mol. The minimum Gasteiger partial charge on any atom is -0.491 e. The van der Waals surface area contributed by atoms with Gasteiger partial charge in [0.15, 0.2) is 5.13 Å². The third-order valence-corrected chi connectivity index (χ3v) is 6.81. The molecule has 2 aromatic carbocycles. The maximum atomic E-state index is 13.6. The highest BCUT2D eigenvalue weighted by Crippen LogP contribution is 2.32. The van der Waals surface area contributed by atoms with Crippen molar-refractivity contribution in [1.82, 2.24) is 9.88 Å². The lowest BCUT2D eigenvalue weighted by Gasteiger charge is -2.29. The average Bonchev–Trinajstić information content (AvgIpc) is 3.22. The first-order valence-corrected chi connectivity index (χ1v) is 12.0. The number of thiazole rings is 1. The largest absolute Gasteiger partial charge is 0.491 e. The van der Waals surface area contributed by atoms with Crippen molar-refractivity contribution in [2.75, 3.05) is 44.3 Å². The first-order valence-electron chi connectivity index (χ1n) is 11.2. The number of carbonyl (C=O) groups is 1. The highest BCUT2D eigenvalue weighted by atomic mass is 32.1. The molecule has 32 heavy (non-hydrogen) atoms. The number of nitrogens with zero attached hydrogens (tertiary/aromatic N) is 3. The van der Waals surface area contributed by atoms with Crippen molar-refractivity contribution in [2.45, 2.75) is 33.8 Å². The van der Waals surface area contributed by atoms with E-state index in [1.807, 2.05) is 43.0 Å². The number of rotatable bonds is 7. The summed E-state index contributed by atoms with van der Waals surface area (Å²) in [4.78, 5) is 22.7. The number of carbonyl (C=O) groups excluding carboxylic acids is 1. The third-order valence-electron chi connectivity index (χ3n) is 5.77. The second kappa shape index (κ2) is 9.98. The van der Waals surface area contributed by atoms with E-state index in [-0.39, 0.29) is 12.0 Å². The molecule has 0 atom stereocenters. The molecule has 1 saturated heterocycles. The lowest BCUT2D eigenvalue weighted by molar-refractivity contribution is 0.0391. The molecule has 0 N–H and O–H groups in total. The van der Waals surface area contributed by atoms with Crippen LogP contribution in [0.3, 0.4) is 0 Å². The molecule has 0 saturated carbocycles. The van der Waals surface area contributed by atoms with E-state index >= 15 is 0 Å². The van der Waals surface area contributed by atoms with E-state index in [1.54, 1.807) is 11.3 Å². The van der Waals surface area contributed by atoms with E-state index in [4.69, 9.17) is 14.5 Å². The molecule has 4 rings (SSSR count). The van der Waals surface area contributed by atoms with Crippen molar-refractivity contribution in [1.29, 1.82) is 0 Å². The van der Waals surface area contributed by atoms with Gasteiger partial charge in [-0.25, -0.2) is 4.98 Å². The van der Waals surface area contributed by atoms with Crippen molar-refractivity contribution in [3.05, 3.63) is 53.1 Å². The van der Waals surface area contributed by atoms with Gasteiger partial charge in [-0.1, -0.05) is 17.4 Å². The fourth-order valence-electron chi connectivity index (χ4n) is 3.78. The molecule has 1 aliphatic rings. The second-order valence-electron chi connectivity index (χ2n) is 8.45. The van der Waals surface area contributed by atoms with Crippen LogP contribution in [0.5, 0.6) is 5.75 Å². The summed E-state index contributed by atoms with van der Waals surface area (Å²) in [6, 6.07) is 11.6. The van der Waals surface area contributed by atoms with Crippen LogP contribution in [0.2, 0.25) is 0 Å². The maximum Gasteiger partial charge on any atom is 0.260 e. The summed E-state index contributed by atoms with van der Waals surface area (Å²) in [6.45, 7) is 12.8. The highest BCUT2D eigenvalue weighted by Gasteiger charge is 2.23. The van der Waals surface area contributed by atoms with Gasteiger partial charge in [0.25, 0.3) is 5.91 Å². The van der Waals surface area contributed by atoms with Gasteiger partial charge >= 0.3 is 0 Å². The summed E-state index contributed by atoms with van der Waals surface area (Å²) in [6.07, 6.45) is 0.0935. The van der Waals surface area contributed by atoms with Gasteiger partial charge in [-0.15, -0.1) is 0 Å². The van der Waals surface area contributed by atoms with Gasteiger partial charge in [0.2, 0.25) is 0 Å². The van der Waals surface area contributed by atoms with E-state index in [0.29, 0.717) is 12.1 Å². The first kappa shape index (κ1) is 22.7. The molecular formula is C25H31N3O3S. The molecule has 0 unspecified atom stereocenters. The van der Waals surface area contributed by atoms with Crippen LogP contribution in [0.1, 0.15) is 35.3 Å². The summed E-state index contributed by atoms with van der Waals surface area (Å²) >= 11 is 1.58. The van der Waals surface area contributed by atoms with E-state index in [2.05, 4.69) is 30.9 Å². The van der Waals surface area contributed by atoms with Crippen LogP contribution in [0.15, 0.2) is 36.4 Å². The Hall–Kier alpha value is -2.48. The fraction of sp³-hybridized carbons (Fsp3) is 0.440. The maximum absolute atomic E-state index is 13.6. The van der Waals surface area contributed by atoms with Crippen LogP contribution >= 0.6 is 11.3 Å². The number of aromatic nitrogens is 1. The standard InChI is InChI=1S/C25H31N3O3S/c1-17(2)31-21-8-6-20(7-9-21)24(29)28(12-11-27-13-15-30-16-14-27)25-26-23-19(4)18(3)5-10-22(23)32-25/h5-10,17H,11-16H2,1-4H3. The Bertz CT molecular complexity index is 1070. The van der Waals surface area contributed by atoms with Crippen LogP contribution in [-0.2, 0) is 4.74 Å². The Kier molecular flexibility index (Phi) is 7.08. The Labute approximate surface area is 193 Å². The normalized spacial score (nSPS) is 14.8. The summed E-state index contributed by atoms with van der Waals surface area (Å²) in [5.41, 5.74) is 3.99. The molecule has 1 aliphatic heterocycles. The van der Waals surface area contributed by atoms with Gasteiger partial charge < -0.3 is 9.47 Å². The molecule has 0 aliphatic carbocycles. The van der Waals surface area contributed by atoms with Gasteiger partial charge in [-0.05, 0) is 69.2 Å². The molecule has 7 heteroatoms. The smallest absolute Gasteiger partial charge is 0.260 e. The molecule has 0 radical (unpaired) electrons. The van der Waals surface area contributed by atoms with Crippen molar-refractivity contribution in [3.63, 3.8) is 0 Å². The average molecular weight is 454 g/mol. The number of anilines is 1. The van der Waals surface area contributed by atoms with Crippen LogP contribution < -0.4 is 9.64 Å². The zero-order valence-electron chi connectivity index (χ0n) is 19.3. The number of aryl methyl sites for hydroxylation is 2. The SMILES string of the molecule is Cc1ccc2sc(N(CCN3CCOCC3)C(=O)c3ccc(OC(C)C)cc3)nc2c1C.